The molecule has 2 aliphatic rings. The highest BCUT2D eigenvalue weighted by atomic mass is 32.1. The number of hydrogen-bond donors (Lipinski definition) is 1. The zero-order valence-corrected chi connectivity index (χ0v) is 20.9. The van der Waals surface area contributed by atoms with Crippen molar-refractivity contribution in [2.75, 3.05) is 0 Å². The van der Waals surface area contributed by atoms with Crippen LogP contribution in [0.5, 0.6) is 0 Å². The lowest BCUT2D eigenvalue weighted by molar-refractivity contribution is 0.405. The van der Waals surface area contributed by atoms with E-state index in [1.807, 2.05) is 34.6 Å². The Hall–Kier alpha value is -1.21. The molecule has 1 aromatic rings. The first kappa shape index (κ1) is 29.0. The molecule has 0 N–H and O–H groups in total. The highest BCUT2D eigenvalue weighted by Gasteiger charge is 2.37. The Balaban J connectivity index is 0. The molecule has 2 unspecified atom stereocenters. The molecule has 0 nitrogen and oxygen atoms in total. The lowest BCUT2D eigenvalue weighted by Gasteiger charge is -2.24. The number of fused-ring (bicyclic) bond motifs is 3. The molecule has 0 radical (unpaired) electrons. The summed E-state index contributed by atoms with van der Waals surface area (Å²) >= 11 is 3.77. The smallest absolute Gasteiger partial charge is 0.00636 e. The molecule has 28 heavy (non-hydrogen) atoms. The van der Waals surface area contributed by atoms with Crippen LogP contribution in [0.25, 0.3) is 5.57 Å². The van der Waals surface area contributed by atoms with Gasteiger partial charge in [0.05, 0.1) is 0 Å². The van der Waals surface area contributed by atoms with Crippen LogP contribution in [-0.2, 0) is 0 Å². The predicted octanol–water partition coefficient (Wildman–Crippen LogP) is 9.71. The Morgan fingerprint density at radius 2 is 1.61 bits per heavy atom. The fourth-order valence-electron chi connectivity index (χ4n) is 3.58. The van der Waals surface area contributed by atoms with Gasteiger partial charge in [0.15, 0.2) is 0 Å². The molecular formula is C27H46S. The normalized spacial score (nSPS) is 18.0. The average molecular weight is 403 g/mol. The molecule has 160 valence electrons. The van der Waals surface area contributed by atoms with Gasteiger partial charge >= 0.3 is 0 Å². The molecular weight excluding hydrogens is 356 g/mol. The van der Waals surface area contributed by atoms with Gasteiger partial charge in [-0.2, -0.15) is 0 Å². The summed E-state index contributed by atoms with van der Waals surface area (Å²) < 4.78 is 0. The van der Waals surface area contributed by atoms with Gasteiger partial charge in [-0.1, -0.05) is 111 Å². The highest BCUT2D eigenvalue weighted by molar-refractivity contribution is 7.84. The van der Waals surface area contributed by atoms with Crippen LogP contribution in [0.2, 0.25) is 0 Å². The number of allylic oxidation sites excluding steroid dienone is 5. The lowest BCUT2D eigenvalue weighted by atomic mass is 9.80. The molecule has 2 aliphatic carbocycles. The zero-order valence-electron chi connectivity index (χ0n) is 20.0. The van der Waals surface area contributed by atoms with Crippen LogP contribution in [0.3, 0.4) is 0 Å². The summed E-state index contributed by atoms with van der Waals surface area (Å²) in [5.41, 5.74) is 4.66. The molecule has 1 heteroatoms. The van der Waals surface area contributed by atoms with Crippen molar-refractivity contribution in [3.05, 3.63) is 65.1 Å². The SMILES string of the molecule is C=C(C)S.CC.CC.CC(C)C1c2ccccc2C2=CC=CCCC21.CCC. The molecule has 0 bridgehead atoms. The summed E-state index contributed by atoms with van der Waals surface area (Å²) in [6.07, 6.45) is 10.7. The summed E-state index contributed by atoms with van der Waals surface area (Å²) in [7, 11) is 0. The zero-order chi connectivity index (χ0) is 22.1. The largest absolute Gasteiger partial charge is 0.149 e. The lowest BCUT2D eigenvalue weighted by Crippen LogP contribution is -2.13. The minimum atomic E-state index is 0.720. The van der Waals surface area contributed by atoms with Crippen molar-refractivity contribution in [1.29, 1.82) is 0 Å². The van der Waals surface area contributed by atoms with Crippen LogP contribution in [0, 0.1) is 11.8 Å². The molecule has 0 saturated heterocycles. The standard InChI is InChI=1S/C17H20.C3H6S.C3H8.2C2H6/c1-12(2)17-15-10-5-3-4-8-13(15)14-9-6-7-11-16(14)17;1-3(2)4;1-3-2;2*1-2/h3-4,6-9,11-12,15,17H,5,10H2,1-2H3;4H,1H2,2H3;3H2,1-2H3;2*1-2H3. The van der Waals surface area contributed by atoms with E-state index in [4.69, 9.17) is 0 Å². The molecule has 0 aromatic heterocycles. The van der Waals surface area contributed by atoms with Gasteiger partial charge < -0.3 is 0 Å². The van der Waals surface area contributed by atoms with Gasteiger partial charge in [-0.05, 0) is 59.1 Å². The molecule has 3 rings (SSSR count). The topological polar surface area (TPSA) is 0 Å². The van der Waals surface area contributed by atoms with Crippen molar-refractivity contribution in [1.82, 2.24) is 0 Å². The Labute approximate surface area is 182 Å². The minimum Gasteiger partial charge on any atom is -0.149 e. The van der Waals surface area contributed by atoms with Gasteiger partial charge in [0.2, 0.25) is 0 Å². The molecule has 0 fully saturated rings. The first-order chi connectivity index (χ1) is 13.4. The Morgan fingerprint density at radius 3 is 2.11 bits per heavy atom. The molecule has 0 spiro atoms. The fraction of sp³-hybridized carbons (Fsp3) is 0.556. The van der Waals surface area contributed by atoms with Crippen molar-refractivity contribution in [3.8, 4) is 0 Å². The first-order valence-corrected chi connectivity index (χ1v) is 11.7. The Morgan fingerprint density at radius 1 is 1.11 bits per heavy atom. The van der Waals surface area contributed by atoms with E-state index in [0.29, 0.717) is 0 Å². The fourth-order valence-corrected chi connectivity index (χ4v) is 3.58. The maximum absolute atomic E-state index is 3.77. The third-order valence-electron chi connectivity index (χ3n) is 4.24. The Kier molecular flexibility index (Phi) is 18.5. The summed E-state index contributed by atoms with van der Waals surface area (Å²) in [6.45, 7) is 22.2. The van der Waals surface area contributed by atoms with Gasteiger partial charge in [-0.3, -0.25) is 0 Å². The summed E-state index contributed by atoms with van der Waals surface area (Å²) in [6, 6.07) is 9.00. The van der Waals surface area contributed by atoms with Crippen LogP contribution in [-0.4, -0.2) is 0 Å². The first-order valence-electron chi connectivity index (χ1n) is 11.2. The van der Waals surface area contributed by atoms with Crippen LogP contribution in [0.4, 0.5) is 0 Å². The second kappa shape index (κ2) is 17.9. The maximum atomic E-state index is 3.77. The molecule has 2 atom stereocenters. The van der Waals surface area contributed by atoms with Crippen LogP contribution in [0.15, 0.2) is 54.0 Å². The van der Waals surface area contributed by atoms with Gasteiger partial charge in [-0.15, -0.1) is 12.6 Å². The number of benzene rings is 1. The molecule has 0 heterocycles. The van der Waals surface area contributed by atoms with Crippen molar-refractivity contribution in [2.45, 2.75) is 87.5 Å². The van der Waals surface area contributed by atoms with Crippen molar-refractivity contribution in [3.63, 3.8) is 0 Å². The van der Waals surface area contributed by atoms with Gasteiger partial charge in [0.25, 0.3) is 0 Å². The third kappa shape index (κ3) is 9.82. The van der Waals surface area contributed by atoms with E-state index in [1.54, 1.807) is 11.1 Å². The van der Waals surface area contributed by atoms with Crippen molar-refractivity contribution >= 4 is 18.2 Å². The quantitative estimate of drug-likeness (QED) is 0.444. The van der Waals surface area contributed by atoms with Gasteiger partial charge in [0.1, 0.15) is 0 Å². The van der Waals surface area contributed by atoms with Crippen LogP contribution < -0.4 is 0 Å². The van der Waals surface area contributed by atoms with Gasteiger partial charge in [-0.25, -0.2) is 0 Å². The average Bonchev–Trinajstić information content (AvgIpc) is 2.81. The third-order valence-corrected chi connectivity index (χ3v) is 4.24. The molecule has 0 aliphatic heterocycles. The number of rotatable bonds is 1. The number of hydrogen-bond acceptors (Lipinski definition) is 1. The minimum absolute atomic E-state index is 0.720. The van der Waals surface area contributed by atoms with E-state index >= 15 is 0 Å². The van der Waals surface area contributed by atoms with Crippen molar-refractivity contribution < 1.29 is 0 Å². The maximum Gasteiger partial charge on any atom is -0.00636 e. The Bertz CT molecular complexity index is 574. The summed E-state index contributed by atoms with van der Waals surface area (Å²) in [4.78, 5) is 0.861. The van der Waals surface area contributed by atoms with Crippen molar-refractivity contribution in [2.24, 2.45) is 11.8 Å². The van der Waals surface area contributed by atoms with E-state index in [2.05, 4.69) is 89.4 Å². The monoisotopic (exact) mass is 402 g/mol. The summed E-state index contributed by atoms with van der Waals surface area (Å²) in [5, 5.41) is 0. The van der Waals surface area contributed by atoms with E-state index in [9.17, 15) is 0 Å². The van der Waals surface area contributed by atoms with E-state index in [0.717, 1.165) is 22.7 Å². The second-order valence-corrected chi connectivity index (χ2v) is 7.80. The van der Waals surface area contributed by atoms with E-state index in [1.165, 1.54) is 24.8 Å². The van der Waals surface area contributed by atoms with E-state index in [-0.39, 0.29) is 0 Å². The van der Waals surface area contributed by atoms with Gasteiger partial charge in [0, 0.05) is 0 Å². The van der Waals surface area contributed by atoms with Crippen LogP contribution >= 0.6 is 12.6 Å². The highest BCUT2D eigenvalue weighted by Crippen LogP contribution is 2.51. The molecule has 0 saturated carbocycles. The van der Waals surface area contributed by atoms with E-state index < -0.39 is 0 Å². The molecule has 1 aromatic carbocycles. The predicted molar refractivity (Wildman–Crippen MR) is 136 cm³/mol. The summed E-state index contributed by atoms with van der Waals surface area (Å²) in [5.74, 6) is 2.19. The second-order valence-electron chi connectivity index (χ2n) is 7.03. The number of thiol groups is 1. The van der Waals surface area contributed by atoms with Crippen LogP contribution in [0.1, 0.15) is 98.6 Å². The molecule has 0 amide bonds.